The summed E-state index contributed by atoms with van der Waals surface area (Å²) in [6.07, 6.45) is 0. The lowest BCUT2D eigenvalue weighted by Crippen LogP contribution is -2.15. The molecule has 5 nitrogen and oxygen atoms in total. The molecule has 28 heavy (non-hydrogen) atoms. The molecule has 0 spiro atoms. The Kier molecular flexibility index (Phi) is 6.66. The maximum absolute atomic E-state index is 12.4. The first kappa shape index (κ1) is 19.5. The molecule has 0 saturated carbocycles. The zero-order valence-electron chi connectivity index (χ0n) is 15.4. The number of aromatic nitrogens is 1. The van der Waals surface area contributed by atoms with Gasteiger partial charge in [0.15, 0.2) is 0 Å². The molecule has 140 valence electrons. The van der Waals surface area contributed by atoms with E-state index >= 15 is 0 Å². The molecule has 6 heteroatoms. The number of para-hydroxylation sites is 2. The molecule has 0 unspecified atom stereocenters. The Balaban J connectivity index is 1.72. The van der Waals surface area contributed by atoms with Crippen molar-refractivity contribution in [1.29, 1.82) is 5.26 Å². The number of benzene rings is 2. The highest BCUT2D eigenvalue weighted by atomic mass is 32.2. The van der Waals surface area contributed by atoms with E-state index in [1.165, 1.54) is 11.8 Å². The number of nitrogens with zero attached hydrogens (tertiary/aromatic N) is 2. The van der Waals surface area contributed by atoms with Crippen molar-refractivity contribution in [3.63, 3.8) is 0 Å². The van der Waals surface area contributed by atoms with Crippen LogP contribution in [0.2, 0.25) is 0 Å². The molecule has 0 aliphatic rings. The molecular formula is C22H19N3O2S. The van der Waals surface area contributed by atoms with Crippen LogP contribution in [-0.4, -0.2) is 23.3 Å². The monoisotopic (exact) mass is 389 g/mol. The van der Waals surface area contributed by atoms with Gasteiger partial charge in [0, 0.05) is 5.56 Å². The second-order valence-corrected chi connectivity index (χ2v) is 6.76. The van der Waals surface area contributed by atoms with Crippen LogP contribution in [0.25, 0.3) is 11.3 Å². The van der Waals surface area contributed by atoms with Crippen LogP contribution in [-0.2, 0) is 4.79 Å². The summed E-state index contributed by atoms with van der Waals surface area (Å²) in [7, 11) is 0. The number of rotatable bonds is 7. The second kappa shape index (κ2) is 9.58. The van der Waals surface area contributed by atoms with Crippen molar-refractivity contribution in [2.45, 2.75) is 11.9 Å². The summed E-state index contributed by atoms with van der Waals surface area (Å²) in [5.41, 5.74) is 2.81. The molecule has 3 rings (SSSR count). The number of nitriles is 1. The molecule has 2 aromatic carbocycles. The Bertz CT molecular complexity index is 1000. The van der Waals surface area contributed by atoms with E-state index < -0.39 is 0 Å². The largest absolute Gasteiger partial charge is 0.492 e. The van der Waals surface area contributed by atoms with Gasteiger partial charge in [0.1, 0.15) is 16.8 Å². The van der Waals surface area contributed by atoms with E-state index in [2.05, 4.69) is 16.4 Å². The van der Waals surface area contributed by atoms with Gasteiger partial charge in [0.25, 0.3) is 0 Å². The van der Waals surface area contributed by atoms with Gasteiger partial charge in [-0.3, -0.25) is 4.79 Å². The second-order valence-electron chi connectivity index (χ2n) is 5.79. The molecule has 0 aliphatic heterocycles. The van der Waals surface area contributed by atoms with Crippen molar-refractivity contribution >= 4 is 23.4 Å². The van der Waals surface area contributed by atoms with Crippen molar-refractivity contribution in [2.75, 3.05) is 17.7 Å². The summed E-state index contributed by atoms with van der Waals surface area (Å²) >= 11 is 1.24. The number of hydrogen-bond donors (Lipinski definition) is 1. The SMILES string of the molecule is CCOc1ccccc1NC(=O)CSc1nc(-c2ccccc2)ccc1C#N. The van der Waals surface area contributed by atoms with Gasteiger partial charge in [-0.05, 0) is 31.2 Å². The smallest absolute Gasteiger partial charge is 0.234 e. The summed E-state index contributed by atoms with van der Waals surface area (Å²) in [4.78, 5) is 17.0. The van der Waals surface area contributed by atoms with E-state index in [1.807, 2.05) is 61.5 Å². The minimum absolute atomic E-state index is 0.139. The van der Waals surface area contributed by atoms with E-state index in [0.29, 0.717) is 28.6 Å². The zero-order valence-corrected chi connectivity index (χ0v) is 16.2. The fourth-order valence-corrected chi connectivity index (χ4v) is 3.35. The molecule has 0 radical (unpaired) electrons. The van der Waals surface area contributed by atoms with Crippen LogP contribution in [0.3, 0.4) is 0 Å². The van der Waals surface area contributed by atoms with Crippen LogP contribution >= 0.6 is 11.8 Å². The third kappa shape index (κ3) is 4.90. The third-order valence-corrected chi connectivity index (χ3v) is 4.84. The Hall–Kier alpha value is -3.30. The first-order valence-corrected chi connectivity index (χ1v) is 9.81. The topological polar surface area (TPSA) is 75.0 Å². The lowest BCUT2D eigenvalue weighted by Gasteiger charge is -2.11. The average Bonchev–Trinajstić information content (AvgIpc) is 2.74. The fraction of sp³-hybridized carbons (Fsp3) is 0.136. The number of nitrogens with one attached hydrogen (secondary N) is 1. The molecule has 1 heterocycles. The predicted molar refractivity (Wildman–Crippen MR) is 111 cm³/mol. The highest BCUT2D eigenvalue weighted by molar-refractivity contribution is 8.00. The summed E-state index contributed by atoms with van der Waals surface area (Å²) < 4.78 is 5.52. The summed E-state index contributed by atoms with van der Waals surface area (Å²) in [5, 5.41) is 12.7. The molecule has 0 saturated heterocycles. The van der Waals surface area contributed by atoms with Crippen LogP contribution in [0.5, 0.6) is 5.75 Å². The average molecular weight is 389 g/mol. The van der Waals surface area contributed by atoms with Crippen molar-refractivity contribution < 1.29 is 9.53 Å². The number of carbonyl (C=O) groups is 1. The van der Waals surface area contributed by atoms with Crippen molar-refractivity contribution in [1.82, 2.24) is 4.98 Å². The van der Waals surface area contributed by atoms with E-state index in [0.717, 1.165) is 11.3 Å². The predicted octanol–water partition coefficient (Wildman–Crippen LogP) is 4.75. The number of amides is 1. The zero-order chi connectivity index (χ0) is 19.8. The van der Waals surface area contributed by atoms with Gasteiger partial charge in [0.2, 0.25) is 5.91 Å². The van der Waals surface area contributed by atoms with Crippen LogP contribution in [0.1, 0.15) is 12.5 Å². The highest BCUT2D eigenvalue weighted by Gasteiger charge is 2.12. The maximum Gasteiger partial charge on any atom is 0.234 e. The molecule has 1 amide bonds. The van der Waals surface area contributed by atoms with E-state index in [-0.39, 0.29) is 11.7 Å². The van der Waals surface area contributed by atoms with Gasteiger partial charge in [0.05, 0.1) is 29.3 Å². The van der Waals surface area contributed by atoms with E-state index in [1.54, 1.807) is 12.1 Å². The molecule has 0 bridgehead atoms. The normalized spacial score (nSPS) is 10.1. The standard InChI is InChI=1S/C22H19N3O2S/c1-2-27-20-11-7-6-10-19(20)24-21(26)15-28-22-17(14-23)12-13-18(25-22)16-8-4-3-5-9-16/h3-13H,2,15H2,1H3,(H,24,26). The number of ether oxygens (including phenoxy) is 1. The van der Waals surface area contributed by atoms with Gasteiger partial charge in [-0.1, -0.05) is 54.2 Å². The number of carbonyl (C=O) groups excluding carboxylic acids is 1. The molecule has 1 aromatic heterocycles. The molecule has 0 fully saturated rings. The quantitative estimate of drug-likeness (QED) is 0.590. The molecule has 3 aromatic rings. The molecule has 1 N–H and O–H groups in total. The van der Waals surface area contributed by atoms with Gasteiger partial charge < -0.3 is 10.1 Å². The van der Waals surface area contributed by atoms with Crippen LogP contribution < -0.4 is 10.1 Å². The molecule has 0 aliphatic carbocycles. The van der Waals surface area contributed by atoms with Crippen molar-refractivity contribution in [2.24, 2.45) is 0 Å². The first-order chi connectivity index (χ1) is 13.7. The highest BCUT2D eigenvalue weighted by Crippen LogP contribution is 2.27. The summed E-state index contributed by atoms with van der Waals surface area (Å²) in [5.74, 6) is 0.582. The van der Waals surface area contributed by atoms with Crippen LogP contribution in [0.4, 0.5) is 5.69 Å². The van der Waals surface area contributed by atoms with Crippen molar-refractivity contribution in [3.8, 4) is 23.1 Å². The van der Waals surface area contributed by atoms with E-state index in [9.17, 15) is 10.1 Å². The number of thioether (sulfide) groups is 1. The van der Waals surface area contributed by atoms with Gasteiger partial charge in [-0.25, -0.2) is 4.98 Å². The minimum atomic E-state index is -0.187. The lowest BCUT2D eigenvalue weighted by molar-refractivity contribution is -0.113. The first-order valence-electron chi connectivity index (χ1n) is 8.82. The van der Waals surface area contributed by atoms with Crippen LogP contribution in [0.15, 0.2) is 71.8 Å². The lowest BCUT2D eigenvalue weighted by atomic mass is 10.1. The summed E-state index contributed by atoms with van der Waals surface area (Å²) in [6.45, 7) is 2.41. The Morgan fingerprint density at radius 1 is 1.11 bits per heavy atom. The molecular weight excluding hydrogens is 370 g/mol. The molecule has 0 atom stereocenters. The Morgan fingerprint density at radius 2 is 1.86 bits per heavy atom. The van der Waals surface area contributed by atoms with Gasteiger partial charge in [-0.2, -0.15) is 5.26 Å². The van der Waals surface area contributed by atoms with E-state index in [4.69, 9.17) is 4.74 Å². The van der Waals surface area contributed by atoms with Gasteiger partial charge in [-0.15, -0.1) is 0 Å². The number of anilines is 1. The summed E-state index contributed by atoms with van der Waals surface area (Å²) in [6, 6.07) is 22.7. The Morgan fingerprint density at radius 3 is 2.61 bits per heavy atom. The Labute approximate surface area is 168 Å². The van der Waals surface area contributed by atoms with Crippen molar-refractivity contribution in [3.05, 3.63) is 72.3 Å². The van der Waals surface area contributed by atoms with Gasteiger partial charge >= 0.3 is 0 Å². The van der Waals surface area contributed by atoms with Crippen LogP contribution in [0, 0.1) is 11.3 Å². The third-order valence-electron chi connectivity index (χ3n) is 3.85. The number of pyridine rings is 1. The maximum atomic E-state index is 12.4. The number of hydrogen-bond acceptors (Lipinski definition) is 5. The fourth-order valence-electron chi connectivity index (χ4n) is 2.58. The minimum Gasteiger partial charge on any atom is -0.492 e.